The third-order valence-electron chi connectivity index (χ3n) is 2.94. The highest BCUT2D eigenvalue weighted by molar-refractivity contribution is 4.91. The van der Waals surface area contributed by atoms with Gasteiger partial charge in [0.05, 0.1) is 0 Å². The van der Waals surface area contributed by atoms with E-state index in [0.29, 0.717) is 0 Å². The van der Waals surface area contributed by atoms with Crippen LogP contribution in [0, 0.1) is 11.8 Å². The number of rotatable bonds is 2. The van der Waals surface area contributed by atoms with Crippen LogP contribution in [-0.4, -0.2) is 4.57 Å². The zero-order valence-corrected chi connectivity index (χ0v) is 7.74. The number of hydrogen-bond acceptors (Lipinski definition) is 0. The Morgan fingerprint density at radius 1 is 1.25 bits per heavy atom. The van der Waals surface area contributed by atoms with Gasteiger partial charge in [-0.1, -0.05) is 13.3 Å². The summed E-state index contributed by atoms with van der Waals surface area (Å²) >= 11 is 0. The molecule has 0 bridgehead atoms. The molecule has 0 aromatic carbocycles. The summed E-state index contributed by atoms with van der Waals surface area (Å²) in [5, 5.41) is 0. The predicted molar refractivity (Wildman–Crippen MR) is 50.9 cm³/mol. The molecule has 0 aliphatic heterocycles. The van der Waals surface area contributed by atoms with E-state index in [4.69, 9.17) is 0 Å². The number of aromatic nitrogens is 1. The highest BCUT2D eigenvalue weighted by Gasteiger charge is 2.20. The van der Waals surface area contributed by atoms with Crippen molar-refractivity contribution < 1.29 is 0 Å². The Bertz CT molecular complexity index is 225. The van der Waals surface area contributed by atoms with Crippen molar-refractivity contribution in [3.05, 3.63) is 24.5 Å². The fourth-order valence-electron chi connectivity index (χ4n) is 2.28. The van der Waals surface area contributed by atoms with Gasteiger partial charge in [0.15, 0.2) is 0 Å². The van der Waals surface area contributed by atoms with Crippen molar-refractivity contribution in [1.82, 2.24) is 4.57 Å². The number of nitrogens with zero attached hydrogens (tertiary/aromatic N) is 1. The maximum absolute atomic E-state index is 2.37. The maximum Gasteiger partial charge on any atom is 0.0248 e. The second-order valence-corrected chi connectivity index (χ2v) is 4.16. The van der Waals surface area contributed by atoms with Gasteiger partial charge in [-0.3, -0.25) is 0 Å². The molecule has 66 valence electrons. The second-order valence-electron chi connectivity index (χ2n) is 4.16. The van der Waals surface area contributed by atoms with Crippen LogP contribution < -0.4 is 0 Å². The van der Waals surface area contributed by atoms with Gasteiger partial charge in [-0.2, -0.15) is 0 Å². The molecular weight excluding hydrogens is 146 g/mol. The Kier molecular flexibility index (Phi) is 2.20. The molecule has 0 amide bonds. The summed E-state index contributed by atoms with van der Waals surface area (Å²) in [6, 6.07) is 4.22. The van der Waals surface area contributed by atoms with Gasteiger partial charge in [0.1, 0.15) is 0 Å². The molecule has 1 aliphatic carbocycles. The first-order chi connectivity index (χ1) is 5.84. The van der Waals surface area contributed by atoms with Crippen molar-refractivity contribution in [2.24, 2.45) is 11.8 Å². The highest BCUT2D eigenvalue weighted by atomic mass is 14.9. The molecule has 2 rings (SSSR count). The largest absolute Gasteiger partial charge is 0.354 e. The van der Waals surface area contributed by atoms with Gasteiger partial charge in [0.25, 0.3) is 0 Å². The first-order valence-electron chi connectivity index (χ1n) is 4.95. The molecule has 1 aliphatic rings. The molecule has 1 saturated carbocycles. The minimum absolute atomic E-state index is 0.937. The van der Waals surface area contributed by atoms with Crippen molar-refractivity contribution in [1.29, 1.82) is 0 Å². The fourth-order valence-corrected chi connectivity index (χ4v) is 2.28. The van der Waals surface area contributed by atoms with Crippen LogP contribution in [0.4, 0.5) is 0 Å². The van der Waals surface area contributed by atoms with Crippen LogP contribution in [0.15, 0.2) is 24.5 Å². The molecule has 1 nitrogen and oxygen atoms in total. The lowest BCUT2D eigenvalue weighted by Crippen LogP contribution is -2.05. The van der Waals surface area contributed by atoms with E-state index in [0.717, 1.165) is 11.8 Å². The van der Waals surface area contributed by atoms with Crippen molar-refractivity contribution in [3.8, 4) is 0 Å². The standard InChI is InChI=1S/C11H17N/c1-10-4-5-11(8-10)9-12-6-2-3-7-12/h2-3,6-7,10-11H,4-5,8-9H2,1H3. The van der Waals surface area contributed by atoms with E-state index in [-0.39, 0.29) is 0 Å². The van der Waals surface area contributed by atoms with E-state index in [2.05, 4.69) is 36.0 Å². The van der Waals surface area contributed by atoms with Crippen molar-refractivity contribution in [2.75, 3.05) is 0 Å². The summed E-state index contributed by atoms with van der Waals surface area (Å²) in [7, 11) is 0. The molecule has 1 heteroatoms. The SMILES string of the molecule is CC1CCC(Cn2cccc2)C1. The van der Waals surface area contributed by atoms with Gasteiger partial charge >= 0.3 is 0 Å². The van der Waals surface area contributed by atoms with Crippen LogP contribution in [0.25, 0.3) is 0 Å². The molecular formula is C11H17N. The third-order valence-corrected chi connectivity index (χ3v) is 2.94. The lowest BCUT2D eigenvalue weighted by molar-refractivity contribution is 0.442. The fraction of sp³-hybridized carbons (Fsp3) is 0.636. The third kappa shape index (κ3) is 1.71. The Labute approximate surface area is 74.4 Å². The van der Waals surface area contributed by atoms with E-state index in [1.54, 1.807) is 0 Å². The smallest absolute Gasteiger partial charge is 0.0248 e. The average molecular weight is 163 g/mol. The summed E-state index contributed by atoms with van der Waals surface area (Å²) in [6.07, 6.45) is 8.63. The van der Waals surface area contributed by atoms with Crippen molar-refractivity contribution >= 4 is 0 Å². The lowest BCUT2D eigenvalue weighted by Gasteiger charge is -2.09. The van der Waals surface area contributed by atoms with Crippen LogP contribution in [0.2, 0.25) is 0 Å². The van der Waals surface area contributed by atoms with Gasteiger partial charge in [0, 0.05) is 18.9 Å². The van der Waals surface area contributed by atoms with E-state index in [1.165, 1.54) is 25.8 Å². The zero-order chi connectivity index (χ0) is 8.39. The van der Waals surface area contributed by atoms with Crippen molar-refractivity contribution in [2.45, 2.75) is 32.7 Å². The minimum atomic E-state index is 0.937. The highest BCUT2D eigenvalue weighted by Crippen LogP contribution is 2.31. The summed E-state index contributed by atoms with van der Waals surface area (Å²) in [6.45, 7) is 3.60. The van der Waals surface area contributed by atoms with E-state index in [9.17, 15) is 0 Å². The molecule has 1 aromatic heterocycles. The van der Waals surface area contributed by atoms with E-state index < -0.39 is 0 Å². The summed E-state index contributed by atoms with van der Waals surface area (Å²) < 4.78 is 2.31. The quantitative estimate of drug-likeness (QED) is 0.631. The Morgan fingerprint density at radius 3 is 2.58 bits per heavy atom. The van der Waals surface area contributed by atoms with Crippen LogP contribution in [0.5, 0.6) is 0 Å². The topological polar surface area (TPSA) is 4.93 Å². The van der Waals surface area contributed by atoms with Gasteiger partial charge < -0.3 is 4.57 Å². The Balaban J connectivity index is 1.88. The summed E-state index contributed by atoms with van der Waals surface area (Å²) in [4.78, 5) is 0. The maximum atomic E-state index is 2.37. The first-order valence-corrected chi connectivity index (χ1v) is 4.95. The summed E-state index contributed by atoms with van der Waals surface area (Å²) in [5.74, 6) is 1.90. The molecule has 1 aromatic rings. The van der Waals surface area contributed by atoms with Crippen LogP contribution >= 0.6 is 0 Å². The van der Waals surface area contributed by atoms with Gasteiger partial charge in [-0.15, -0.1) is 0 Å². The second kappa shape index (κ2) is 3.34. The Hall–Kier alpha value is -0.720. The zero-order valence-electron chi connectivity index (χ0n) is 7.74. The van der Waals surface area contributed by atoms with Crippen LogP contribution in [-0.2, 0) is 6.54 Å². The normalized spacial score (nSPS) is 29.4. The minimum Gasteiger partial charge on any atom is -0.354 e. The molecule has 1 heterocycles. The van der Waals surface area contributed by atoms with Gasteiger partial charge in [0.2, 0.25) is 0 Å². The molecule has 2 unspecified atom stereocenters. The van der Waals surface area contributed by atoms with Crippen LogP contribution in [0.1, 0.15) is 26.2 Å². The van der Waals surface area contributed by atoms with Crippen LogP contribution in [0.3, 0.4) is 0 Å². The molecule has 0 radical (unpaired) electrons. The monoisotopic (exact) mass is 163 g/mol. The van der Waals surface area contributed by atoms with E-state index >= 15 is 0 Å². The molecule has 0 N–H and O–H groups in total. The predicted octanol–water partition coefficient (Wildman–Crippen LogP) is 2.92. The van der Waals surface area contributed by atoms with Gasteiger partial charge in [-0.05, 0) is 36.8 Å². The number of hydrogen-bond donors (Lipinski definition) is 0. The molecule has 0 saturated heterocycles. The lowest BCUT2D eigenvalue weighted by atomic mass is 10.1. The van der Waals surface area contributed by atoms with Crippen molar-refractivity contribution in [3.63, 3.8) is 0 Å². The first kappa shape index (κ1) is 7.90. The molecule has 0 spiro atoms. The Morgan fingerprint density at radius 2 is 2.00 bits per heavy atom. The molecule has 1 fully saturated rings. The molecule has 2 atom stereocenters. The summed E-state index contributed by atoms with van der Waals surface area (Å²) in [5.41, 5.74) is 0. The van der Waals surface area contributed by atoms with Gasteiger partial charge in [-0.25, -0.2) is 0 Å². The van der Waals surface area contributed by atoms with E-state index in [1.807, 2.05) is 0 Å². The average Bonchev–Trinajstić information content (AvgIpc) is 2.63. The molecule has 12 heavy (non-hydrogen) atoms.